The van der Waals surface area contributed by atoms with Crippen LogP contribution in [0.25, 0.3) is 0 Å². The molecule has 5 heteroatoms. The fourth-order valence-corrected chi connectivity index (χ4v) is 1.82. The number of carbonyl (C=O) groups is 1. The fourth-order valence-electron chi connectivity index (χ4n) is 1.82. The standard InChI is InChI=1S/C11H17N3O2/c1-7-10(8(2)16-13-7)6-14(3)11(15)9-4-12-5-9/h9,12H,4-6H2,1-3H3. The van der Waals surface area contributed by atoms with Crippen molar-refractivity contribution in [2.75, 3.05) is 20.1 Å². The van der Waals surface area contributed by atoms with Gasteiger partial charge in [-0.1, -0.05) is 5.16 Å². The molecule has 1 aromatic rings. The number of aromatic nitrogens is 1. The highest BCUT2D eigenvalue weighted by molar-refractivity contribution is 5.80. The smallest absolute Gasteiger partial charge is 0.228 e. The summed E-state index contributed by atoms with van der Waals surface area (Å²) >= 11 is 0. The number of nitrogens with zero attached hydrogens (tertiary/aromatic N) is 2. The molecule has 0 aromatic carbocycles. The summed E-state index contributed by atoms with van der Waals surface area (Å²) in [6.45, 7) is 5.94. The first-order valence-corrected chi connectivity index (χ1v) is 5.47. The van der Waals surface area contributed by atoms with Crippen LogP contribution in [0.2, 0.25) is 0 Å². The van der Waals surface area contributed by atoms with Crippen molar-refractivity contribution in [2.45, 2.75) is 20.4 Å². The molecule has 0 saturated carbocycles. The van der Waals surface area contributed by atoms with Crippen molar-refractivity contribution in [2.24, 2.45) is 5.92 Å². The van der Waals surface area contributed by atoms with E-state index >= 15 is 0 Å². The summed E-state index contributed by atoms with van der Waals surface area (Å²) in [7, 11) is 1.83. The molecule has 0 bridgehead atoms. The molecule has 2 rings (SSSR count). The molecular formula is C11H17N3O2. The minimum Gasteiger partial charge on any atom is -0.361 e. The molecule has 0 spiro atoms. The van der Waals surface area contributed by atoms with Crippen molar-refractivity contribution in [1.29, 1.82) is 0 Å². The minimum atomic E-state index is 0.144. The number of amides is 1. The van der Waals surface area contributed by atoms with Crippen LogP contribution < -0.4 is 5.32 Å². The van der Waals surface area contributed by atoms with E-state index in [4.69, 9.17) is 4.52 Å². The predicted molar refractivity (Wildman–Crippen MR) is 58.8 cm³/mol. The molecule has 2 heterocycles. The SMILES string of the molecule is Cc1noc(C)c1CN(C)C(=O)C1CNC1. The highest BCUT2D eigenvalue weighted by Crippen LogP contribution is 2.16. The van der Waals surface area contributed by atoms with Crippen LogP contribution in [0.1, 0.15) is 17.0 Å². The number of nitrogens with one attached hydrogen (secondary N) is 1. The maximum atomic E-state index is 11.9. The first-order valence-electron chi connectivity index (χ1n) is 5.47. The van der Waals surface area contributed by atoms with Crippen molar-refractivity contribution in [3.63, 3.8) is 0 Å². The summed E-state index contributed by atoms with van der Waals surface area (Å²) < 4.78 is 5.08. The highest BCUT2D eigenvalue weighted by Gasteiger charge is 2.28. The van der Waals surface area contributed by atoms with Gasteiger partial charge in [0.15, 0.2) is 0 Å². The average Bonchev–Trinajstić information content (AvgIpc) is 2.46. The third kappa shape index (κ3) is 1.95. The molecule has 0 radical (unpaired) electrons. The number of hydrogen-bond acceptors (Lipinski definition) is 4. The van der Waals surface area contributed by atoms with E-state index in [1.807, 2.05) is 20.9 Å². The second-order valence-corrected chi connectivity index (χ2v) is 4.35. The van der Waals surface area contributed by atoms with Gasteiger partial charge in [-0.2, -0.15) is 0 Å². The van der Waals surface area contributed by atoms with E-state index in [9.17, 15) is 4.79 Å². The fraction of sp³-hybridized carbons (Fsp3) is 0.636. The Morgan fingerprint density at radius 2 is 2.25 bits per heavy atom. The van der Waals surface area contributed by atoms with Crippen molar-refractivity contribution < 1.29 is 9.32 Å². The number of carbonyl (C=O) groups excluding carboxylic acids is 1. The molecule has 1 N–H and O–H groups in total. The van der Waals surface area contributed by atoms with E-state index in [0.717, 1.165) is 30.1 Å². The van der Waals surface area contributed by atoms with Gasteiger partial charge < -0.3 is 14.7 Å². The summed E-state index contributed by atoms with van der Waals surface area (Å²) in [6.07, 6.45) is 0. The minimum absolute atomic E-state index is 0.144. The Bertz CT molecular complexity index is 376. The molecule has 1 saturated heterocycles. The molecule has 0 atom stereocenters. The molecule has 0 unspecified atom stereocenters. The van der Waals surface area contributed by atoms with Gasteiger partial charge in [0.1, 0.15) is 5.76 Å². The normalized spacial score (nSPS) is 15.9. The number of aryl methyl sites for hydroxylation is 2. The zero-order valence-corrected chi connectivity index (χ0v) is 9.91. The quantitative estimate of drug-likeness (QED) is 0.809. The first kappa shape index (κ1) is 11.1. The average molecular weight is 223 g/mol. The van der Waals surface area contributed by atoms with Gasteiger partial charge in [0.25, 0.3) is 0 Å². The Morgan fingerprint density at radius 1 is 1.56 bits per heavy atom. The van der Waals surface area contributed by atoms with Crippen LogP contribution >= 0.6 is 0 Å². The summed E-state index contributed by atoms with van der Waals surface area (Å²) in [5.41, 5.74) is 1.88. The Morgan fingerprint density at radius 3 is 2.69 bits per heavy atom. The van der Waals surface area contributed by atoms with Crippen LogP contribution in [0.4, 0.5) is 0 Å². The second kappa shape index (κ2) is 4.25. The van der Waals surface area contributed by atoms with Crippen LogP contribution in [-0.4, -0.2) is 36.1 Å². The summed E-state index contributed by atoms with van der Waals surface area (Å²) in [5.74, 6) is 1.13. The van der Waals surface area contributed by atoms with Gasteiger partial charge in [0, 0.05) is 25.7 Å². The third-order valence-electron chi connectivity index (χ3n) is 3.08. The van der Waals surface area contributed by atoms with Crippen LogP contribution in [0.15, 0.2) is 4.52 Å². The highest BCUT2D eigenvalue weighted by atomic mass is 16.5. The Balaban J connectivity index is 2.01. The zero-order valence-electron chi connectivity index (χ0n) is 9.91. The number of rotatable bonds is 3. The molecule has 5 nitrogen and oxygen atoms in total. The Kier molecular flexibility index (Phi) is 2.96. The maximum absolute atomic E-state index is 11.9. The topological polar surface area (TPSA) is 58.4 Å². The van der Waals surface area contributed by atoms with Crippen LogP contribution in [0.3, 0.4) is 0 Å². The summed E-state index contributed by atoms with van der Waals surface area (Å²) in [4.78, 5) is 13.7. The second-order valence-electron chi connectivity index (χ2n) is 4.35. The predicted octanol–water partition coefficient (Wildman–Crippen LogP) is 0.469. The first-order chi connectivity index (χ1) is 7.59. The van der Waals surface area contributed by atoms with E-state index < -0.39 is 0 Å². The molecular weight excluding hydrogens is 206 g/mol. The molecule has 1 aliphatic rings. The van der Waals surface area contributed by atoms with Crippen molar-refractivity contribution in [3.8, 4) is 0 Å². The van der Waals surface area contributed by atoms with Crippen LogP contribution in [0.5, 0.6) is 0 Å². The Hall–Kier alpha value is -1.36. The van der Waals surface area contributed by atoms with Gasteiger partial charge in [0.2, 0.25) is 5.91 Å². The lowest BCUT2D eigenvalue weighted by atomic mass is 10.0. The Labute approximate surface area is 94.8 Å². The molecule has 1 fully saturated rings. The van der Waals surface area contributed by atoms with Gasteiger partial charge in [-0.15, -0.1) is 0 Å². The summed E-state index contributed by atoms with van der Waals surface area (Å²) in [5, 5.41) is 6.98. The molecule has 88 valence electrons. The van der Waals surface area contributed by atoms with Crippen molar-refractivity contribution in [1.82, 2.24) is 15.4 Å². The van der Waals surface area contributed by atoms with Gasteiger partial charge in [-0.25, -0.2) is 0 Å². The van der Waals surface area contributed by atoms with Gasteiger partial charge in [0.05, 0.1) is 18.2 Å². The molecule has 1 aliphatic heterocycles. The van der Waals surface area contributed by atoms with Gasteiger partial charge in [-0.05, 0) is 13.8 Å². The molecule has 0 aliphatic carbocycles. The molecule has 16 heavy (non-hydrogen) atoms. The lowest BCUT2D eigenvalue weighted by molar-refractivity contribution is -0.136. The maximum Gasteiger partial charge on any atom is 0.228 e. The third-order valence-corrected chi connectivity index (χ3v) is 3.08. The van der Waals surface area contributed by atoms with Crippen LogP contribution in [-0.2, 0) is 11.3 Å². The summed E-state index contributed by atoms with van der Waals surface area (Å²) in [6, 6.07) is 0. The largest absolute Gasteiger partial charge is 0.361 e. The number of hydrogen-bond donors (Lipinski definition) is 1. The van der Waals surface area contributed by atoms with Crippen LogP contribution in [0, 0.1) is 19.8 Å². The van der Waals surface area contributed by atoms with E-state index in [0.29, 0.717) is 6.54 Å². The van der Waals surface area contributed by atoms with E-state index in [-0.39, 0.29) is 11.8 Å². The molecule has 1 amide bonds. The lowest BCUT2D eigenvalue weighted by Gasteiger charge is -2.30. The zero-order chi connectivity index (χ0) is 11.7. The lowest BCUT2D eigenvalue weighted by Crippen LogP contribution is -2.51. The van der Waals surface area contributed by atoms with E-state index in [1.54, 1.807) is 4.90 Å². The van der Waals surface area contributed by atoms with Crippen molar-refractivity contribution in [3.05, 3.63) is 17.0 Å². The molecule has 1 aromatic heterocycles. The van der Waals surface area contributed by atoms with Crippen molar-refractivity contribution >= 4 is 5.91 Å². The van der Waals surface area contributed by atoms with Gasteiger partial charge >= 0.3 is 0 Å². The van der Waals surface area contributed by atoms with E-state index in [1.165, 1.54) is 0 Å². The monoisotopic (exact) mass is 223 g/mol. The van der Waals surface area contributed by atoms with Gasteiger partial charge in [-0.3, -0.25) is 4.79 Å². The van der Waals surface area contributed by atoms with E-state index in [2.05, 4.69) is 10.5 Å².